The van der Waals surface area contributed by atoms with E-state index in [1.807, 2.05) is 0 Å². The molecule has 1 aliphatic rings. The van der Waals surface area contributed by atoms with Crippen LogP contribution in [0.2, 0.25) is 10.0 Å². The summed E-state index contributed by atoms with van der Waals surface area (Å²) < 4.78 is 5.24. The number of nitrogens with one attached hydrogen (secondary N) is 1. The van der Waals surface area contributed by atoms with Crippen LogP contribution in [0.3, 0.4) is 0 Å². The molecule has 2 N–H and O–H groups in total. The minimum atomic E-state index is -0.634. The van der Waals surface area contributed by atoms with Crippen molar-refractivity contribution in [2.75, 3.05) is 39.4 Å². The zero-order valence-electron chi connectivity index (χ0n) is 11.5. The maximum Gasteiger partial charge on any atom is 0.252 e. The topological polar surface area (TPSA) is 61.8 Å². The molecule has 1 heterocycles. The van der Waals surface area contributed by atoms with Crippen molar-refractivity contribution in [2.24, 2.45) is 0 Å². The molecule has 0 spiro atoms. The van der Waals surface area contributed by atoms with Gasteiger partial charge in [0, 0.05) is 26.2 Å². The Morgan fingerprint density at radius 3 is 2.81 bits per heavy atom. The molecule has 21 heavy (non-hydrogen) atoms. The molecule has 0 aliphatic carbocycles. The Labute approximate surface area is 133 Å². The molecule has 0 aromatic heterocycles. The third kappa shape index (κ3) is 4.83. The second-order valence-corrected chi connectivity index (χ2v) is 5.66. The van der Waals surface area contributed by atoms with Crippen LogP contribution < -0.4 is 5.32 Å². The molecule has 1 unspecified atom stereocenters. The van der Waals surface area contributed by atoms with Crippen molar-refractivity contribution in [3.8, 4) is 0 Å². The number of hydrogen-bond donors (Lipinski definition) is 2. The molecule has 2 rings (SSSR count). The number of aliphatic hydroxyl groups excluding tert-OH is 1. The summed E-state index contributed by atoms with van der Waals surface area (Å²) in [7, 11) is 0. The highest BCUT2D eigenvalue weighted by atomic mass is 35.5. The van der Waals surface area contributed by atoms with Crippen LogP contribution in [0.25, 0.3) is 0 Å². The SMILES string of the molecule is O=C(NCC(O)CN1CCOCC1)c1cccc(Cl)c1Cl. The van der Waals surface area contributed by atoms with Crippen molar-refractivity contribution >= 4 is 29.1 Å². The lowest BCUT2D eigenvalue weighted by Crippen LogP contribution is -2.44. The lowest BCUT2D eigenvalue weighted by atomic mass is 10.2. The highest BCUT2D eigenvalue weighted by Gasteiger charge is 2.17. The van der Waals surface area contributed by atoms with E-state index in [1.165, 1.54) is 0 Å². The summed E-state index contributed by atoms with van der Waals surface area (Å²) in [5, 5.41) is 13.2. The molecule has 5 nitrogen and oxygen atoms in total. The number of ether oxygens (including phenoxy) is 1. The number of halogens is 2. The van der Waals surface area contributed by atoms with Crippen molar-refractivity contribution in [2.45, 2.75) is 6.10 Å². The number of β-amino-alcohol motifs (C(OH)–C–C–N with tert-alkyl or cyclic N) is 1. The lowest BCUT2D eigenvalue weighted by Gasteiger charge is -2.28. The van der Waals surface area contributed by atoms with Gasteiger partial charge in [-0.25, -0.2) is 0 Å². The van der Waals surface area contributed by atoms with E-state index in [2.05, 4.69) is 10.2 Å². The fourth-order valence-electron chi connectivity index (χ4n) is 2.13. The minimum absolute atomic E-state index is 0.166. The first kappa shape index (κ1) is 16.5. The second-order valence-electron chi connectivity index (χ2n) is 4.88. The van der Waals surface area contributed by atoms with Crippen LogP contribution in [0.4, 0.5) is 0 Å². The number of morpholine rings is 1. The van der Waals surface area contributed by atoms with E-state index in [4.69, 9.17) is 27.9 Å². The molecule has 7 heteroatoms. The molecule has 0 radical (unpaired) electrons. The highest BCUT2D eigenvalue weighted by Crippen LogP contribution is 2.25. The van der Waals surface area contributed by atoms with E-state index < -0.39 is 6.10 Å². The maximum absolute atomic E-state index is 12.0. The zero-order chi connectivity index (χ0) is 15.2. The van der Waals surface area contributed by atoms with E-state index in [-0.39, 0.29) is 17.5 Å². The summed E-state index contributed by atoms with van der Waals surface area (Å²) in [6, 6.07) is 4.87. The zero-order valence-corrected chi connectivity index (χ0v) is 13.0. The van der Waals surface area contributed by atoms with E-state index in [0.29, 0.717) is 30.3 Å². The number of carbonyl (C=O) groups is 1. The normalized spacial score (nSPS) is 17.5. The van der Waals surface area contributed by atoms with Gasteiger partial charge in [0.25, 0.3) is 5.91 Å². The fraction of sp³-hybridized carbons (Fsp3) is 0.500. The van der Waals surface area contributed by atoms with Crippen LogP contribution in [0.15, 0.2) is 18.2 Å². The van der Waals surface area contributed by atoms with Gasteiger partial charge in [-0.15, -0.1) is 0 Å². The van der Waals surface area contributed by atoms with Crippen LogP contribution in [0.5, 0.6) is 0 Å². The van der Waals surface area contributed by atoms with Gasteiger partial charge in [-0.1, -0.05) is 29.3 Å². The third-order valence-electron chi connectivity index (χ3n) is 3.27. The van der Waals surface area contributed by atoms with Crippen LogP contribution >= 0.6 is 23.2 Å². The molecule has 116 valence electrons. The molecule has 1 amide bonds. The van der Waals surface area contributed by atoms with Crippen molar-refractivity contribution in [3.05, 3.63) is 33.8 Å². The van der Waals surface area contributed by atoms with Crippen LogP contribution in [-0.2, 0) is 4.74 Å². The summed E-state index contributed by atoms with van der Waals surface area (Å²) in [4.78, 5) is 14.1. The summed E-state index contributed by atoms with van der Waals surface area (Å²) in [6.45, 7) is 3.62. The van der Waals surface area contributed by atoms with Gasteiger partial charge in [-0.2, -0.15) is 0 Å². The second kappa shape index (κ2) is 7.96. The average molecular weight is 333 g/mol. The minimum Gasteiger partial charge on any atom is -0.390 e. The summed E-state index contributed by atoms with van der Waals surface area (Å²) in [5.74, 6) is -0.344. The molecular formula is C14H18Cl2N2O3. The third-order valence-corrected chi connectivity index (χ3v) is 4.09. The van der Waals surface area contributed by atoms with Crippen molar-refractivity contribution in [3.63, 3.8) is 0 Å². The molecular weight excluding hydrogens is 315 g/mol. The number of hydrogen-bond acceptors (Lipinski definition) is 4. The Hall–Kier alpha value is -0.850. The molecule has 0 saturated carbocycles. The van der Waals surface area contributed by atoms with Gasteiger partial charge in [-0.05, 0) is 12.1 Å². The van der Waals surface area contributed by atoms with Crippen molar-refractivity contribution in [1.29, 1.82) is 0 Å². The summed E-state index contributed by atoms with van der Waals surface area (Å²) >= 11 is 11.9. The standard InChI is InChI=1S/C14H18Cl2N2O3/c15-12-3-1-2-11(13(12)16)14(20)17-8-10(19)9-18-4-6-21-7-5-18/h1-3,10,19H,4-9H2,(H,17,20). The average Bonchev–Trinajstić information content (AvgIpc) is 2.48. The first-order valence-electron chi connectivity index (χ1n) is 6.78. The predicted molar refractivity (Wildman–Crippen MR) is 82.1 cm³/mol. The Balaban J connectivity index is 1.81. The number of nitrogens with zero attached hydrogens (tertiary/aromatic N) is 1. The van der Waals surface area contributed by atoms with Crippen molar-refractivity contribution in [1.82, 2.24) is 10.2 Å². The Kier molecular flexibility index (Phi) is 6.26. The Morgan fingerprint density at radius 2 is 2.10 bits per heavy atom. The molecule has 0 bridgehead atoms. The molecule has 1 aromatic carbocycles. The number of benzene rings is 1. The molecule has 1 atom stereocenters. The van der Waals surface area contributed by atoms with Gasteiger partial charge in [0.05, 0.1) is 34.9 Å². The van der Waals surface area contributed by atoms with Gasteiger partial charge >= 0.3 is 0 Å². The number of rotatable bonds is 5. The Morgan fingerprint density at radius 1 is 1.38 bits per heavy atom. The molecule has 1 saturated heterocycles. The van der Waals surface area contributed by atoms with Crippen LogP contribution in [-0.4, -0.2) is 61.4 Å². The first-order chi connectivity index (χ1) is 10.1. The quantitative estimate of drug-likeness (QED) is 0.856. The summed E-state index contributed by atoms with van der Waals surface area (Å²) in [6.07, 6.45) is -0.634. The molecule has 1 aromatic rings. The number of carbonyl (C=O) groups excluding carboxylic acids is 1. The first-order valence-corrected chi connectivity index (χ1v) is 7.54. The smallest absolute Gasteiger partial charge is 0.252 e. The fourth-order valence-corrected chi connectivity index (χ4v) is 2.52. The van der Waals surface area contributed by atoms with Crippen LogP contribution in [0.1, 0.15) is 10.4 Å². The van der Waals surface area contributed by atoms with Gasteiger partial charge in [-0.3, -0.25) is 9.69 Å². The lowest BCUT2D eigenvalue weighted by molar-refractivity contribution is 0.0149. The van der Waals surface area contributed by atoms with Crippen molar-refractivity contribution < 1.29 is 14.6 Å². The largest absolute Gasteiger partial charge is 0.390 e. The van der Waals surface area contributed by atoms with Gasteiger partial charge in [0.15, 0.2) is 0 Å². The van der Waals surface area contributed by atoms with E-state index in [0.717, 1.165) is 13.1 Å². The van der Waals surface area contributed by atoms with Gasteiger partial charge < -0.3 is 15.2 Å². The van der Waals surface area contributed by atoms with E-state index >= 15 is 0 Å². The summed E-state index contributed by atoms with van der Waals surface area (Å²) in [5.41, 5.74) is 0.308. The Bertz CT molecular complexity index is 493. The number of aliphatic hydroxyl groups is 1. The van der Waals surface area contributed by atoms with Gasteiger partial charge in [0.1, 0.15) is 0 Å². The highest BCUT2D eigenvalue weighted by molar-refractivity contribution is 6.43. The predicted octanol–water partition coefficient (Wildman–Crippen LogP) is 1.42. The number of amides is 1. The van der Waals surface area contributed by atoms with E-state index in [9.17, 15) is 9.90 Å². The van der Waals surface area contributed by atoms with Gasteiger partial charge in [0.2, 0.25) is 0 Å². The van der Waals surface area contributed by atoms with E-state index in [1.54, 1.807) is 18.2 Å². The maximum atomic E-state index is 12.0. The van der Waals surface area contributed by atoms with Crippen LogP contribution in [0, 0.1) is 0 Å². The molecule has 1 fully saturated rings. The monoisotopic (exact) mass is 332 g/mol. The molecule has 1 aliphatic heterocycles.